The molecule has 0 spiro atoms. The molecule has 1 aromatic carbocycles. The molecule has 1 fully saturated rings. The summed E-state index contributed by atoms with van der Waals surface area (Å²) in [5, 5.41) is 14.6. The van der Waals surface area contributed by atoms with Gasteiger partial charge < -0.3 is 9.84 Å². The van der Waals surface area contributed by atoms with Crippen molar-refractivity contribution in [3.05, 3.63) is 47.8 Å². The molecular formula is C15H18N2O2. The lowest BCUT2D eigenvalue weighted by atomic mass is 10.1. The lowest BCUT2D eigenvalue weighted by molar-refractivity contribution is 0.208. The monoisotopic (exact) mass is 258 g/mol. The van der Waals surface area contributed by atoms with Crippen LogP contribution in [0.15, 0.2) is 36.5 Å². The molecule has 19 heavy (non-hydrogen) atoms. The van der Waals surface area contributed by atoms with Crippen molar-refractivity contribution in [3.63, 3.8) is 0 Å². The summed E-state index contributed by atoms with van der Waals surface area (Å²) in [5.41, 5.74) is 1.68. The lowest BCUT2D eigenvalue weighted by Gasteiger charge is -2.13. The van der Waals surface area contributed by atoms with Gasteiger partial charge in [0.15, 0.2) is 0 Å². The number of hydrogen-bond acceptors (Lipinski definition) is 3. The van der Waals surface area contributed by atoms with Crippen molar-refractivity contribution < 1.29 is 9.84 Å². The zero-order valence-corrected chi connectivity index (χ0v) is 11.0. The Bertz CT molecular complexity index is 544. The van der Waals surface area contributed by atoms with Gasteiger partial charge in [0.05, 0.1) is 11.8 Å². The first-order valence-electron chi connectivity index (χ1n) is 6.74. The van der Waals surface area contributed by atoms with Crippen molar-refractivity contribution in [2.24, 2.45) is 0 Å². The first-order chi connectivity index (χ1) is 9.28. The summed E-state index contributed by atoms with van der Waals surface area (Å²) in [6.45, 7) is 2.76. The van der Waals surface area contributed by atoms with Crippen molar-refractivity contribution in [1.82, 2.24) is 9.78 Å². The number of aryl methyl sites for hydroxylation is 1. The third-order valence-corrected chi connectivity index (χ3v) is 3.35. The molecule has 1 N–H and O–H groups in total. The zero-order valence-electron chi connectivity index (χ0n) is 11.0. The van der Waals surface area contributed by atoms with Gasteiger partial charge in [-0.05, 0) is 43.5 Å². The Labute approximate surface area is 112 Å². The molecule has 1 aliphatic carbocycles. The molecule has 1 atom stereocenters. The van der Waals surface area contributed by atoms with Gasteiger partial charge in [-0.15, -0.1) is 0 Å². The molecule has 0 bridgehead atoms. The molecule has 1 aliphatic rings. The molecule has 2 aromatic rings. The van der Waals surface area contributed by atoms with Crippen LogP contribution in [0.5, 0.6) is 5.75 Å². The average molecular weight is 258 g/mol. The number of nitrogens with zero attached hydrogens (tertiary/aromatic N) is 2. The topological polar surface area (TPSA) is 47.3 Å². The molecule has 1 aromatic heterocycles. The smallest absolute Gasteiger partial charge is 0.121 e. The predicted molar refractivity (Wildman–Crippen MR) is 72.1 cm³/mol. The van der Waals surface area contributed by atoms with E-state index in [0.29, 0.717) is 6.10 Å². The van der Waals surface area contributed by atoms with E-state index in [4.69, 9.17) is 4.74 Å². The molecule has 1 unspecified atom stereocenters. The molecule has 0 saturated heterocycles. The Morgan fingerprint density at radius 3 is 2.68 bits per heavy atom. The number of hydrogen-bond donors (Lipinski definition) is 1. The molecule has 1 heterocycles. The minimum absolute atomic E-state index is 0.400. The van der Waals surface area contributed by atoms with Gasteiger partial charge >= 0.3 is 0 Å². The summed E-state index contributed by atoms with van der Waals surface area (Å²) in [6, 6.07) is 9.51. The molecule has 4 heteroatoms. The molecule has 100 valence electrons. The van der Waals surface area contributed by atoms with Crippen LogP contribution in [0.3, 0.4) is 0 Å². The summed E-state index contributed by atoms with van der Waals surface area (Å²) < 4.78 is 7.50. The molecular weight excluding hydrogens is 240 g/mol. The summed E-state index contributed by atoms with van der Waals surface area (Å²) in [4.78, 5) is 0. The lowest BCUT2D eigenvalue weighted by Crippen LogP contribution is -2.09. The van der Waals surface area contributed by atoms with E-state index >= 15 is 0 Å². The Kier molecular flexibility index (Phi) is 3.25. The maximum absolute atomic E-state index is 10.4. The fourth-order valence-electron chi connectivity index (χ4n) is 2.12. The second-order valence-corrected chi connectivity index (χ2v) is 4.86. The van der Waals surface area contributed by atoms with Crippen molar-refractivity contribution >= 4 is 0 Å². The fourth-order valence-corrected chi connectivity index (χ4v) is 2.12. The number of aromatic nitrogens is 2. The van der Waals surface area contributed by atoms with Gasteiger partial charge in [0.2, 0.25) is 0 Å². The van der Waals surface area contributed by atoms with Gasteiger partial charge in [0.25, 0.3) is 0 Å². The molecule has 1 saturated carbocycles. The van der Waals surface area contributed by atoms with Gasteiger partial charge in [0, 0.05) is 12.7 Å². The van der Waals surface area contributed by atoms with E-state index in [1.807, 2.05) is 37.3 Å². The van der Waals surface area contributed by atoms with Crippen LogP contribution in [0.2, 0.25) is 0 Å². The van der Waals surface area contributed by atoms with E-state index < -0.39 is 6.10 Å². The van der Waals surface area contributed by atoms with E-state index in [9.17, 15) is 5.11 Å². The number of ether oxygens (including phenoxy) is 1. The maximum Gasteiger partial charge on any atom is 0.121 e. The van der Waals surface area contributed by atoms with Crippen molar-refractivity contribution in [2.75, 3.05) is 0 Å². The third kappa shape index (κ3) is 2.63. The minimum Gasteiger partial charge on any atom is -0.490 e. The summed E-state index contributed by atoms with van der Waals surface area (Å²) in [5.74, 6) is 0.877. The number of aliphatic hydroxyl groups is 1. The number of aliphatic hydroxyl groups excluding tert-OH is 1. The maximum atomic E-state index is 10.4. The second-order valence-electron chi connectivity index (χ2n) is 4.86. The van der Waals surface area contributed by atoms with Crippen molar-refractivity contribution in [3.8, 4) is 5.75 Å². The Hall–Kier alpha value is -1.81. The zero-order chi connectivity index (χ0) is 13.2. The van der Waals surface area contributed by atoms with Crippen LogP contribution in [0.4, 0.5) is 0 Å². The second kappa shape index (κ2) is 5.05. The van der Waals surface area contributed by atoms with Gasteiger partial charge in [-0.2, -0.15) is 5.10 Å². The van der Waals surface area contributed by atoms with Gasteiger partial charge in [-0.25, -0.2) is 0 Å². The molecule has 0 aliphatic heterocycles. The average Bonchev–Trinajstić information content (AvgIpc) is 3.12. The van der Waals surface area contributed by atoms with Gasteiger partial charge in [0.1, 0.15) is 11.9 Å². The highest BCUT2D eigenvalue weighted by Gasteiger charge is 2.23. The highest BCUT2D eigenvalue weighted by atomic mass is 16.5. The number of rotatable bonds is 5. The quantitative estimate of drug-likeness (QED) is 0.896. The third-order valence-electron chi connectivity index (χ3n) is 3.35. The highest BCUT2D eigenvalue weighted by molar-refractivity contribution is 5.32. The van der Waals surface area contributed by atoms with Crippen LogP contribution in [-0.2, 0) is 6.54 Å². The van der Waals surface area contributed by atoms with E-state index in [0.717, 1.165) is 36.4 Å². The van der Waals surface area contributed by atoms with Crippen LogP contribution in [0.25, 0.3) is 0 Å². The number of benzene rings is 1. The standard InChI is InChI=1S/C15H18N2O2/c1-2-17-14(9-10-16-17)15(18)11-3-5-12(6-4-11)19-13-7-8-13/h3-6,9-10,13,15,18H,2,7-8H2,1H3. The van der Waals surface area contributed by atoms with Crippen molar-refractivity contribution in [1.29, 1.82) is 0 Å². The molecule has 0 radical (unpaired) electrons. The highest BCUT2D eigenvalue weighted by Crippen LogP contribution is 2.28. The molecule has 0 amide bonds. The Morgan fingerprint density at radius 1 is 1.32 bits per heavy atom. The Balaban J connectivity index is 1.77. The summed E-state index contributed by atoms with van der Waals surface area (Å²) in [6.07, 6.45) is 3.78. The predicted octanol–water partition coefficient (Wildman–Crippen LogP) is 2.53. The van der Waals surface area contributed by atoms with Crippen LogP contribution in [-0.4, -0.2) is 21.0 Å². The largest absolute Gasteiger partial charge is 0.490 e. The van der Waals surface area contributed by atoms with Crippen LogP contribution in [0.1, 0.15) is 37.1 Å². The SMILES string of the molecule is CCn1nccc1C(O)c1ccc(OC2CC2)cc1. The van der Waals surface area contributed by atoms with E-state index in [1.54, 1.807) is 10.9 Å². The van der Waals surface area contributed by atoms with Gasteiger partial charge in [-0.3, -0.25) is 4.68 Å². The van der Waals surface area contributed by atoms with Crippen LogP contribution in [0, 0.1) is 0 Å². The summed E-state index contributed by atoms with van der Waals surface area (Å²) >= 11 is 0. The Morgan fingerprint density at radius 2 is 2.05 bits per heavy atom. The normalized spacial score (nSPS) is 16.3. The van der Waals surface area contributed by atoms with E-state index in [-0.39, 0.29) is 0 Å². The van der Waals surface area contributed by atoms with Crippen LogP contribution >= 0.6 is 0 Å². The minimum atomic E-state index is -0.641. The van der Waals surface area contributed by atoms with Crippen LogP contribution < -0.4 is 4.74 Å². The van der Waals surface area contributed by atoms with Gasteiger partial charge in [-0.1, -0.05) is 12.1 Å². The fraction of sp³-hybridized carbons (Fsp3) is 0.400. The van der Waals surface area contributed by atoms with E-state index in [1.165, 1.54) is 0 Å². The first-order valence-corrected chi connectivity index (χ1v) is 6.74. The van der Waals surface area contributed by atoms with E-state index in [2.05, 4.69) is 5.10 Å². The molecule has 3 rings (SSSR count). The first kappa shape index (κ1) is 12.2. The van der Waals surface area contributed by atoms with Crippen molar-refractivity contribution in [2.45, 2.75) is 38.5 Å². The summed E-state index contributed by atoms with van der Waals surface area (Å²) in [7, 11) is 0. The molecule has 4 nitrogen and oxygen atoms in total.